The molecule has 6 nitrogen and oxygen atoms in total. The van der Waals surface area contributed by atoms with Crippen LogP contribution in [0.3, 0.4) is 0 Å². The van der Waals surface area contributed by atoms with Crippen LogP contribution < -0.4 is 4.74 Å². The predicted octanol–water partition coefficient (Wildman–Crippen LogP) is 4.00. The Labute approximate surface area is 188 Å². The SMILES string of the molecule is c1ccc(COc2ccccc2CN2CCOC[C@@H](Cc3cccn4nccc34)C2)nc1. The Morgan fingerprint density at radius 3 is 2.81 bits per heavy atom. The van der Waals surface area contributed by atoms with Crippen LogP contribution in [0.25, 0.3) is 5.52 Å². The van der Waals surface area contributed by atoms with E-state index in [0.717, 1.165) is 50.7 Å². The molecule has 1 atom stereocenters. The van der Waals surface area contributed by atoms with E-state index in [2.05, 4.69) is 45.3 Å². The minimum atomic E-state index is 0.431. The molecule has 4 aromatic rings. The lowest BCUT2D eigenvalue weighted by Gasteiger charge is -2.24. The number of aromatic nitrogens is 3. The van der Waals surface area contributed by atoms with Gasteiger partial charge in [-0.25, -0.2) is 4.52 Å². The minimum Gasteiger partial charge on any atom is -0.487 e. The van der Waals surface area contributed by atoms with Crippen molar-refractivity contribution in [2.75, 3.05) is 26.3 Å². The summed E-state index contributed by atoms with van der Waals surface area (Å²) >= 11 is 0. The lowest BCUT2D eigenvalue weighted by atomic mass is 9.99. The first-order valence-electron chi connectivity index (χ1n) is 11.2. The highest BCUT2D eigenvalue weighted by Crippen LogP contribution is 2.23. The third kappa shape index (κ3) is 4.98. The van der Waals surface area contributed by atoms with Crippen molar-refractivity contribution >= 4 is 5.52 Å². The lowest BCUT2D eigenvalue weighted by Crippen LogP contribution is -2.30. The zero-order valence-electron chi connectivity index (χ0n) is 18.1. The monoisotopic (exact) mass is 428 g/mol. The van der Waals surface area contributed by atoms with Crippen LogP contribution in [-0.4, -0.2) is 45.8 Å². The third-order valence-electron chi connectivity index (χ3n) is 5.92. The van der Waals surface area contributed by atoms with Crippen LogP contribution in [0.4, 0.5) is 0 Å². The van der Waals surface area contributed by atoms with Crippen LogP contribution in [0, 0.1) is 5.92 Å². The highest BCUT2D eigenvalue weighted by atomic mass is 16.5. The average molecular weight is 429 g/mol. The van der Waals surface area contributed by atoms with Gasteiger partial charge < -0.3 is 9.47 Å². The Hall–Kier alpha value is -3.22. The predicted molar refractivity (Wildman–Crippen MR) is 123 cm³/mol. The van der Waals surface area contributed by atoms with Gasteiger partial charge in [0.25, 0.3) is 0 Å². The molecule has 6 heteroatoms. The van der Waals surface area contributed by atoms with Gasteiger partial charge in [0.2, 0.25) is 0 Å². The standard InChI is InChI=1S/C26H28N4O2/c1-2-9-26(32-20-24-8-3-4-11-27-24)23(6-1)18-29-14-15-31-19-21(17-29)16-22-7-5-13-30-25(22)10-12-28-30/h1-13,21H,14-20H2/t21-/m0/s1. The topological polar surface area (TPSA) is 51.9 Å². The van der Waals surface area contributed by atoms with Gasteiger partial charge in [0.15, 0.2) is 0 Å². The highest BCUT2D eigenvalue weighted by molar-refractivity contribution is 5.53. The molecule has 0 saturated carbocycles. The van der Waals surface area contributed by atoms with Crippen molar-refractivity contribution in [3.8, 4) is 5.75 Å². The third-order valence-corrected chi connectivity index (χ3v) is 5.92. The van der Waals surface area contributed by atoms with Crippen LogP contribution in [0.2, 0.25) is 0 Å². The fourth-order valence-corrected chi connectivity index (χ4v) is 4.37. The van der Waals surface area contributed by atoms with Crippen molar-refractivity contribution in [1.82, 2.24) is 19.5 Å². The van der Waals surface area contributed by atoms with Gasteiger partial charge in [-0.2, -0.15) is 5.10 Å². The zero-order chi connectivity index (χ0) is 21.6. The summed E-state index contributed by atoms with van der Waals surface area (Å²) in [6, 6.07) is 20.5. The van der Waals surface area contributed by atoms with Gasteiger partial charge >= 0.3 is 0 Å². The van der Waals surface area contributed by atoms with E-state index >= 15 is 0 Å². The summed E-state index contributed by atoms with van der Waals surface area (Å²) in [5, 5.41) is 4.37. The summed E-state index contributed by atoms with van der Waals surface area (Å²) in [6.45, 7) is 4.76. The van der Waals surface area contributed by atoms with Crippen molar-refractivity contribution in [3.63, 3.8) is 0 Å². The molecule has 1 aliphatic rings. The number of para-hydroxylation sites is 1. The molecule has 5 rings (SSSR count). The number of nitrogens with zero attached hydrogens (tertiary/aromatic N) is 4. The van der Waals surface area contributed by atoms with E-state index in [-0.39, 0.29) is 0 Å². The summed E-state index contributed by atoms with van der Waals surface area (Å²) in [7, 11) is 0. The quantitative estimate of drug-likeness (QED) is 0.445. The van der Waals surface area contributed by atoms with Crippen molar-refractivity contribution < 1.29 is 9.47 Å². The first-order valence-corrected chi connectivity index (χ1v) is 11.2. The van der Waals surface area contributed by atoms with Crippen LogP contribution >= 0.6 is 0 Å². The number of benzene rings is 1. The first kappa shape index (κ1) is 20.7. The van der Waals surface area contributed by atoms with Gasteiger partial charge in [0, 0.05) is 43.8 Å². The molecule has 0 radical (unpaired) electrons. The lowest BCUT2D eigenvalue weighted by molar-refractivity contribution is 0.121. The van der Waals surface area contributed by atoms with Crippen LogP contribution in [-0.2, 0) is 24.3 Å². The molecule has 0 N–H and O–H groups in total. The second-order valence-electron chi connectivity index (χ2n) is 8.29. The van der Waals surface area contributed by atoms with Crippen molar-refractivity contribution in [3.05, 3.63) is 96.1 Å². The fraction of sp³-hybridized carbons (Fsp3) is 0.308. The molecule has 0 unspecified atom stereocenters. The van der Waals surface area contributed by atoms with Crippen LogP contribution in [0.1, 0.15) is 16.8 Å². The average Bonchev–Trinajstić information content (AvgIpc) is 3.21. The van der Waals surface area contributed by atoms with Crippen molar-refractivity contribution in [1.29, 1.82) is 0 Å². The molecule has 164 valence electrons. The van der Waals surface area contributed by atoms with Crippen molar-refractivity contribution in [2.45, 2.75) is 19.6 Å². The minimum absolute atomic E-state index is 0.431. The number of hydrogen-bond donors (Lipinski definition) is 0. The molecule has 1 aromatic carbocycles. The molecule has 0 amide bonds. The molecule has 32 heavy (non-hydrogen) atoms. The smallest absolute Gasteiger partial charge is 0.130 e. The fourth-order valence-electron chi connectivity index (χ4n) is 4.37. The maximum absolute atomic E-state index is 6.13. The van der Waals surface area contributed by atoms with Gasteiger partial charge in [0.1, 0.15) is 12.4 Å². The zero-order valence-corrected chi connectivity index (χ0v) is 18.1. The molecule has 1 saturated heterocycles. The first-order chi connectivity index (χ1) is 15.8. The number of hydrogen-bond acceptors (Lipinski definition) is 5. The number of rotatable bonds is 7. The van der Waals surface area contributed by atoms with E-state index in [4.69, 9.17) is 9.47 Å². The second kappa shape index (κ2) is 9.94. The molecule has 0 spiro atoms. The van der Waals surface area contributed by atoms with E-state index in [1.165, 1.54) is 16.6 Å². The van der Waals surface area contributed by atoms with Gasteiger partial charge in [-0.05, 0) is 48.2 Å². The van der Waals surface area contributed by atoms with Gasteiger partial charge in [-0.1, -0.05) is 30.3 Å². The number of ether oxygens (including phenoxy) is 2. The number of fused-ring (bicyclic) bond motifs is 1. The summed E-state index contributed by atoms with van der Waals surface area (Å²) < 4.78 is 14.0. The Morgan fingerprint density at radius 1 is 0.969 bits per heavy atom. The number of pyridine rings is 2. The van der Waals surface area contributed by atoms with E-state index in [9.17, 15) is 0 Å². The summed E-state index contributed by atoms with van der Waals surface area (Å²) in [4.78, 5) is 6.84. The largest absolute Gasteiger partial charge is 0.487 e. The van der Waals surface area contributed by atoms with E-state index in [0.29, 0.717) is 12.5 Å². The Bertz CT molecular complexity index is 1140. The summed E-state index contributed by atoms with van der Waals surface area (Å²) in [5.74, 6) is 1.35. The molecular formula is C26H28N4O2. The van der Waals surface area contributed by atoms with Gasteiger partial charge in [-0.15, -0.1) is 0 Å². The van der Waals surface area contributed by atoms with E-state index < -0.39 is 0 Å². The molecule has 0 bridgehead atoms. The molecular weight excluding hydrogens is 400 g/mol. The summed E-state index contributed by atoms with van der Waals surface area (Å²) in [6.07, 6.45) is 6.63. The summed E-state index contributed by atoms with van der Waals surface area (Å²) in [5.41, 5.74) is 4.62. The second-order valence-corrected chi connectivity index (χ2v) is 8.29. The maximum atomic E-state index is 6.13. The van der Waals surface area contributed by atoms with E-state index in [1.54, 1.807) is 6.20 Å². The normalized spacial score (nSPS) is 17.3. The molecule has 1 fully saturated rings. The molecule has 4 heterocycles. The Morgan fingerprint density at radius 2 is 1.88 bits per heavy atom. The van der Waals surface area contributed by atoms with Crippen LogP contribution in [0.5, 0.6) is 5.75 Å². The van der Waals surface area contributed by atoms with E-state index in [1.807, 2.05) is 47.2 Å². The Kier molecular flexibility index (Phi) is 6.42. The molecule has 1 aliphatic heterocycles. The molecule has 0 aliphatic carbocycles. The maximum Gasteiger partial charge on any atom is 0.130 e. The van der Waals surface area contributed by atoms with Crippen molar-refractivity contribution in [2.24, 2.45) is 5.92 Å². The Balaban J connectivity index is 1.26. The van der Waals surface area contributed by atoms with Crippen LogP contribution in [0.15, 0.2) is 79.3 Å². The highest BCUT2D eigenvalue weighted by Gasteiger charge is 2.21. The molecule has 3 aromatic heterocycles. The van der Waals surface area contributed by atoms with Gasteiger partial charge in [0.05, 0.1) is 24.4 Å². The van der Waals surface area contributed by atoms with Gasteiger partial charge in [-0.3, -0.25) is 9.88 Å².